The lowest BCUT2D eigenvalue weighted by molar-refractivity contribution is 0.0713. The van der Waals surface area contributed by atoms with Crippen LogP contribution in [0.25, 0.3) is 0 Å². The Hall–Kier alpha value is -1.67. The molecule has 0 bridgehead atoms. The summed E-state index contributed by atoms with van der Waals surface area (Å²) in [6, 6.07) is 4.68. The van der Waals surface area contributed by atoms with Crippen molar-refractivity contribution >= 4 is 15.9 Å². The summed E-state index contributed by atoms with van der Waals surface area (Å²) < 4.78 is 41.9. The number of benzene rings is 1. The van der Waals surface area contributed by atoms with Gasteiger partial charge in [-0.05, 0) is 48.9 Å². The highest BCUT2D eigenvalue weighted by Gasteiger charge is 2.28. The quantitative estimate of drug-likeness (QED) is 0.863. The van der Waals surface area contributed by atoms with Gasteiger partial charge in [0.2, 0.25) is 0 Å². The number of halogens is 1. The molecule has 1 aromatic carbocycles. The topological polar surface area (TPSA) is 75.7 Å². The van der Waals surface area contributed by atoms with Crippen molar-refractivity contribution in [3.63, 3.8) is 0 Å². The second-order valence-corrected chi connectivity index (χ2v) is 9.28. The van der Waals surface area contributed by atoms with Crippen molar-refractivity contribution < 1.29 is 22.3 Å². The van der Waals surface area contributed by atoms with Crippen LogP contribution < -0.4 is 5.32 Å². The summed E-state index contributed by atoms with van der Waals surface area (Å²) in [5.74, 6) is 0.105. The summed E-state index contributed by atoms with van der Waals surface area (Å²) in [4.78, 5) is 14.1. The maximum absolute atomic E-state index is 13.3. The minimum Gasteiger partial charge on any atom is -0.374 e. The second kappa shape index (κ2) is 7.92. The first-order valence-electron chi connectivity index (χ1n) is 8.95. The third-order valence-electron chi connectivity index (χ3n) is 5.12. The molecule has 3 rings (SSSR count). The SMILES string of the molecule is Cc1cc(F)ccc1C1CCN(C(=O)NCC2CS(=O)(=O)CCO2)CC1. The van der Waals surface area contributed by atoms with Crippen molar-refractivity contribution in [2.24, 2.45) is 0 Å². The lowest BCUT2D eigenvalue weighted by Gasteiger charge is -2.33. The number of nitrogens with one attached hydrogen (secondary N) is 1. The molecule has 1 N–H and O–H groups in total. The molecular formula is C18H25FN2O4S. The summed E-state index contributed by atoms with van der Waals surface area (Å²) >= 11 is 0. The van der Waals surface area contributed by atoms with E-state index in [4.69, 9.17) is 4.74 Å². The molecule has 2 fully saturated rings. The number of hydrogen-bond acceptors (Lipinski definition) is 4. The van der Waals surface area contributed by atoms with E-state index in [1.807, 2.05) is 13.0 Å². The number of aryl methyl sites for hydroxylation is 1. The molecule has 1 aromatic rings. The van der Waals surface area contributed by atoms with Gasteiger partial charge in [-0.1, -0.05) is 6.07 Å². The largest absolute Gasteiger partial charge is 0.374 e. The van der Waals surface area contributed by atoms with Crippen LogP contribution in [0.5, 0.6) is 0 Å². The predicted octanol–water partition coefficient (Wildman–Crippen LogP) is 1.84. The maximum atomic E-state index is 13.3. The van der Waals surface area contributed by atoms with Crippen molar-refractivity contribution in [1.29, 1.82) is 0 Å². The van der Waals surface area contributed by atoms with E-state index in [-0.39, 0.29) is 36.5 Å². The number of amides is 2. The van der Waals surface area contributed by atoms with Crippen LogP contribution in [0, 0.1) is 12.7 Å². The fourth-order valence-electron chi connectivity index (χ4n) is 3.68. The van der Waals surface area contributed by atoms with Gasteiger partial charge in [0.05, 0.1) is 24.2 Å². The smallest absolute Gasteiger partial charge is 0.317 e. The van der Waals surface area contributed by atoms with Gasteiger partial charge in [-0.2, -0.15) is 0 Å². The summed E-state index contributed by atoms with van der Waals surface area (Å²) in [7, 11) is -3.07. The van der Waals surface area contributed by atoms with Crippen LogP contribution in [0.4, 0.5) is 9.18 Å². The highest BCUT2D eigenvalue weighted by Crippen LogP contribution is 2.30. The number of hydrogen-bond donors (Lipinski definition) is 1. The molecule has 6 nitrogen and oxygen atoms in total. The van der Waals surface area contributed by atoms with Crippen LogP contribution >= 0.6 is 0 Å². The van der Waals surface area contributed by atoms with Crippen molar-refractivity contribution in [1.82, 2.24) is 10.2 Å². The normalized spacial score (nSPS) is 23.6. The zero-order valence-corrected chi connectivity index (χ0v) is 15.7. The molecule has 1 atom stereocenters. The van der Waals surface area contributed by atoms with Gasteiger partial charge in [0.25, 0.3) is 0 Å². The fourth-order valence-corrected chi connectivity index (χ4v) is 4.98. The Labute approximate surface area is 153 Å². The molecule has 0 radical (unpaired) electrons. The van der Waals surface area contributed by atoms with Gasteiger partial charge < -0.3 is 15.0 Å². The van der Waals surface area contributed by atoms with E-state index in [1.165, 1.54) is 6.07 Å². The minimum atomic E-state index is -3.07. The average molecular weight is 384 g/mol. The molecule has 144 valence electrons. The zero-order valence-electron chi connectivity index (χ0n) is 14.9. The summed E-state index contributed by atoms with van der Waals surface area (Å²) in [6.07, 6.45) is 1.18. The molecule has 0 aromatic heterocycles. The number of urea groups is 1. The van der Waals surface area contributed by atoms with E-state index >= 15 is 0 Å². The fraction of sp³-hybridized carbons (Fsp3) is 0.611. The van der Waals surface area contributed by atoms with E-state index in [1.54, 1.807) is 11.0 Å². The Bertz CT molecular complexity index is 760. The zero-order chi connectivity index (χ0) is 18.7. The second-order valence-electron chi connectivity index (χ2n) is 7.06. The van der Waals surface area contributed by atoms with Crippen LogP contribution in [-0.4, -0.2) is 63.2 Å². The molecule has 2 aliphatic rings. The van der Waals surface area contributed by atoms with Gasteiger partial charge >= 0.3 is 6.03 Å². The molecule has 2 heterocycles. The highest BCUT2D eigenvalue weighted by molar-refractivity contribution is 7.91. The van der Waals surface area contributed by atoms with Crippen molar-refractivity contribution in [2.45, 2.75) is 31.8 Å². The van der Waals surface area contributed by atoms with E-state index < -0.39 is 15.9 Å². The molecule has 0 aliphatic carbocycles. The van der Waals surface area contributed by atoms with E-state index in [9.17, 15) is 17.6 Å². The molecule has 2 aliphatic heterocycles. The minimum absolute atomic E-state index is 0.0425. The predicted molar refractivity (Wildman–Crippen MR) is 96.5 cm³/mol. The molecule has 2 amide bonds. The number of sulfone groups is 1. The first-order chi connectivity index (χ1) is 12.3. The van der Waals surface area contributed by atoms with Gasteiger partial charge in [0.15, 0.2) is 9.84 Å². The van der Waals surface area contributed by atoms with E-state index in [0.29, 0.717) is 19.0 Å². The maximum Gasteiger partial charge on any atom is 0.317 e. The number of carbonyl (C=O) groups excluding carboxylic acids is 1. The van der Waals surface area contributed by atoms with E-state index in [2.05, 4.69) is 5.32 Å². The first-order valence-corrected chi connectivity index (χ1v) is 10.8. The van der Waals surface area contributed by atoms with Gasteiger partial charge in [-0.3, -0.25) is 0 Å². The summed E-state index contributed by atoms with van der Waals surface area (Å²) in [6.45, 7) is 3.55. The van der Waals surface area contributed by atoms with Gasteiger partial charge in [-0.25, -0.2) is 17.6 Å². The van der Waals surface area contributed by atoms with Gasteiger partial charge in [-0.15, -0.1) is 0 Å². The molecule has 26 heavy (non-hydrogen) atoms. The molecular weight excluding hydrogens is 359 g/mol. The monoisotopic (exact) mass is 384 g/mol. The third kappa shape index (κ3) is 4.73. The summed E-state index contributed by atoms with van der Waals surface area (Å²) in [5.41, 5.74) is 2.09. The average Bonchev–Trinajstić information content (AvgIpc) is 2.59. The number of nitrogens with zero attached hydrogens (tertiary/aromatic N) is 1. The van der Waals surface area contributed by atoms with Gasteiger partial charge in [0.1, 0.15) is 5.82 Å². The van der Waals surface area contributed by atoms with Crippen LogP contribution in [0.3, 0.4) is 0 Å². The number of likely N-dealkylation sites (tertiary alicyclic amines) is 1. The van der Waals surface area contributed by atoms with Crippen LogP contribution in [-0.2, 0) is 14.6 Å². The Kier molecular flexibility index (Phi) is 5.82. The Morgan fingerprint density at radius 3 is 2.73 bits per heavy atom. The van der Waals surface area contributed by atoms with Crippen LogP contribution in [0.2, 0.25) is 0 Å². The van der Waals surface area contributed by atoms with Crippen molar-refractivity contribution in [3.05, 3.63) is 35.1 Å². The molecule has 2 saturated heterocycles. The summed E-state index contributed by atoms with van der Waals surface area (Å²) in [5, 5.41) is 2.78. The van der Waals surface area contributed by atoms with Crippen LogP contribution in [0.15, 0.2) is 18.2 Å². The van der Waals surface area contributed by atoms with Gasteiger partial charge in [0, 0.05) is 19.6 Å². The third-order valence-corrected chi connectivity index (χ3v) is 6.79. The Morgan fingerprint density at radius 2 is 2.08 bits per heavy atom. The first kappa shape index (κ1) is 19.1. The molecule has 0 spiro atoms. The number of carbonyl (C=O) groups is 1. The number of piperidine rings is 1. The van der Waals surface area contributed by atoms with E-state index in [0.717, 1.165) is 24.0 Å². The Balaban J connectivity index is 1.47. The molecule has 8 heteroatoms. The van der Waals surface area contributed by atoms with Crippen LogP contribution in [0.1, 0.15) is 29.9 Å². The van der Waals surface area contributed by atoms with Crippen molar-refractivity contribution in [3.8, 4) is 0 Å². The number of rotatable bonds is 3. The number of ether oxygens (including phenoxy) is 1. The Morgan fingerprint density at radius 1 is 1.35 bits per heavy atom. The lowest BCUT2D eigenvalue weighted by Crippen LogP contribution is -2.48. The van der Waals surface area contributed by atoms with Crippen molar-refractivity contribution in [2.75, 3.05) is 37.7 Å². The standard InChI is InChI=1S/C18H25FN2O4S/c1-13-10-15(19)2-3-17(13)14-4-6-21(7-5-14)18(22)20-11-16-12-26(23,24)9-8-25-16/h2-3,10,14,16H,4-9,11-12H2,1H3,(H,20,22). The highest BCUT2D eigenvalue weighted by atomic mass is 32.2. The lowest BCUT2D eigenvalue weighted by atomic mass is 9.87. The molecule has 1 unspecified atom stereocenters. The molecule has 0 saturated carbocycles.